The summed E-state index contributed by atoms with van der Waals surface area (Å²) in [5, 5.41) is 0. The smallest absolute Gasteiger partial charge is 0.0627 e. The van der Waals surface area contributed by atoms with Crippen LogP contribution in [0.4, 0.5) is 5.69 Å². The summed E-state index contributed by atoms with van der Waals surface area (Å²) >= 11 is 8.97. The number of rotatable bonds is 2. The highest BCUT2D eigenvalue weighted by atomic mass is 79.9. The van der Waals surface area contributed by atoms with Gasteiger partial charge in [0.25, 0.3) is 0 Å². The second-order valence-electron chi connectivity index (χ2n) is 2.09. The molecule has 2 nitrogen and oxygen atoms in total. The zero-order valence-electron chi connectivity index (χ0n) is 5.77. The summed E-state index contributed by atoms with van der Waals surface area (Å²) in [6.07, 6.45) is 0. The molecule has 0 aliphatic carbocycles. The van der Waals surface area contributed by atoms with E-state index in [0.717, 1.165) is 15.7 Å². The third-order valence-electron chi connectivity index (χ3n) is 1.34. The van der Waals surface area contributed by atoms with E-state index in [2.05, 4.69) is 21.4 Å². The van der Waals surface area contributed by atoms with Crippen LogP contribution in [-0.4, -0.2) is 0 Å². The molecule has 1 aromatic carbocycles. The number of hydrogen-bond acceptors (Lipinski definition) is 2. The fourth-order valence-electron chi connectivity index (χ4n) is 0.759. The lowest BCUT2D eigenvalue weighted by molar-refractivity contribution is 1.31. The molecule has 1 aromatic rings. The number of hydrogen-bond donors (Lipinski definition) is 2. The van der Waals surface area contributed by atoms with Gasteiger partial charge in [-0.05, 0) is 33.6 Å². The summed E-state index contributed by atoms with van der Waals surface area (Å²) in [4.78, 5) is 0. The molecule has 0 saturated carbocycles. The van der Waals surface area contributed by atoms with Crippen LogP contribution in [0.25, 0.3) is 0 Å². The molecule has 4 heteroatoms. The number of halogens is 2. The van der Waals surface area contributed by atoms with Crippen molar-refractivity contribution in [3.05, 3.63) is 28.2 Å². The van der Waals surface area contributed by atoms with Crippen molar-refractivity contribution in [3.63, 3.8) is 0 Å². The first kappa shape index (κ1) is 8.84. The van der Waals surface area contributed by atoms with Crippen LogP contribution < -0.4 is 11.3 Å². The Hall–Kier alpha value is -0.250. The molecule has 0 spiro atoms. The molecule has 0 amide bonds. The summed E-state index contributed by atoms with van der Waals surface area (Å²) in [5.41, 5.74) is 4.48. The van der Waals surface area contributed by atoms with Crippen LogP contribution in [-0.2, 0) is 5.88 Å². The number of alkyl halides is 1. The first-order valence-electron chi connectivity index (χ1n) is 3.09. The van der Waals surface area contributed by atoms with Crippen molar-refractivity contribution in [2.75, 3.05) is 5.43 Å². The standard InChI is InChI=1S/C7H8BrClN2/c8-6-3-5(4-9)1-2-7(6)11-10/h1-3,11H,4,10H2. The van der Waals surface area contributed by atoms with Crippen LogP contribution in [0, 0.1) is 0 Å². The summed E-state index contributed by atoms with van der Waals surface area (Å²) in [6.45, 7) is 0. The Balaban J connectivity index is 2.99. The van der Waals surface area contributed by atoms with Gasteiger partial charge in [-0.1, -0.05) is 6.07 Å². The van der Waals surface area contributed by atoms with Gasteiger partial charge in [-0.15, -0.1) is 11.6 Å². The van der Waals surface area contributed by atoms with Crippen molar-refractivity contribution in [2.45, 2.75) is 5.88 Å². The Labute approximate surface area is 78.8 Å². The van der Waals surface area contributed by atoms with Crippen molar-refractivity contribution in [1.29, 1.82) is 0 Å². The minimum atomic E-state index is 0.517. The van der Waals surface area contributed by atoms with Gasteiger partial charge in [0.15, 0.2) is 0 Å². The van der Waals surface area contributed by atoms with E-state index >= 15 is 0 Å². The normalized spacial score (nSPS) is 9.73. The van der Waals surface area contributed by atoms with Crippen molar-refractivity contribution in [1.82, 2.24) is 0 Å². The van der Waals surface area contributed by atoms with Crippen molar-refractivity contribution in [3.8, 4) is 0 Å². The molecule has 0 saturated heterocycles. The molecule has 0 aliphatic rings. The molecule has 1 rings (SSSR count). The summed E-state index contributed by atoms with van der Waals surface area (Å²) in [7, 11) is 0. The minimum absolute atomic E-state index is 0.517. The number of nitrogen functional groups attached to an aromatic ring is 1. The van der Waals surface area contributed by atoms with E-state index in [9.17, 15) is 0 Å². The van der Waals surface area contributed by atoms with Gasteiger partial charge < -0.3 is 5.43 Å². The zero-order chi connectivity index (χ0) is 8.27. The molecule has 3 N–H and O–H groups in total. The van der Waals surface area contributed by atoms with Crippen LogP contribution in [0.3, 0.4) is 0 Å². The minimum Gasteiger partial charge on any atom is -0.323 e. The lowest BCUT2D eigenvalue weighted by Crippen LogP contribution is -2.07. The van der Waals surface area contributed by atoms with E-state index in [1.165, 1.54) is 0 Å². The van der Waals surface area contributed by atoms with Crippen LogP contribution in [0.1, 0.15) is 5.56 Å². The van der Waals surface area contributed by atoms with Gasteiger partial charge >= 0.3 is 0 Å². The predicted octanol–water partition coefficient (Wildman–Crippen LogP) is 2.47. The maximum atomic E-state index is 5.62. The number of nitrogens with one attached hydrogen (secondary N) is 1. The molecule has 0 heterocycles. The summed E-state index contributed by atoms with van der Waals surface area (Å²) in [6, 6.07) is 5.73. The average molecular weight is 236 g/mol. The first-order chi connectivity index (χ1) is 5.27. The molecule has 0 unspecified atom stereocenters. The molecule has 0 aliphatic heterocycles. The van der Waals surface area contributed by atoms with Crippen LogP contribution in [0.5, 0.6) is 0 Å². The van der Waals surface area contributed by atoms with E-state index in [-0.39, 0.29) is 0 Å². The number of nitrogens with two attached hydrogens (primary N) is 1. The number of hydrazine groups is 1. The quantitative estimate of drug-likeness (QED) is 0.469. The Morgan fingerprint density at radius 3 is 2.73 bits per heavy atom. The Bertz CT molecular complexity index is 252. The highest BCUT2D eigenvalue weighted by Gasteiger charge is 1.97. The molecule has 0 atom stereocenters. The second kappa shape index (κ2) is 3.95. The third kappa shape index (κ3) is 2.09. The second-order valence-corrected chi connectivity index (χ2v) is 3.21. The van der Waals surface area contributed by atoms with E-state index in [4.69, 9.17) is 17.4 Å². The number of benzene rings is 1. The molecule has 0 radical (unpaired) electrons. The van der Waals surface area contributed by atoms with E-state index in [1.807, 2.05) is 18.2 Å². The average Bonchev–Trinajstić information content (AvgIpc) is 2.04. The molecule has 11 heavy (non-hydrogen) atoms. The van der Waals surface area contributed by atoms with E-state index in [1.54, 1.807) is 0 Å². The molecule has 0 fully saturated rings. The SMILES string of the molecule is NNc1ccc(CCl)cc1Br. The molecule has 0 bridgehead atoms. The highest BCUT2D eigenvalue weighted by molar-refractivity contribution is 9.10. The summed E-state index contributed by atoms with van der Waals surface area (Å²) < 4.78 is 0.929. The van der Waals surface area contributed by atoms with Crippen LogP contribution in [0.15, 0.2) is 22.7 Å². The van der Waals surface area contributed by atoms with Gasteiger partial charge in [0.2, 0.25) is 0 Å². The largest absolute Gasteiger partial charge is 0.323 e. The lowest BCUT2D eigenvalue weighted by atomic mass is 10.2. The molecular formula is C7H8BrClN2. The fourth-order valence-corrected chi connectivity index (χ4v) is 1.47. The van der Waals surface area contributed by atoms with E-state index in [0.29, 0.717) is 5.88 Å². The maximum Gasteiger partial charge on any atom is 0.0627 e. The molecule has 0 aromatic heterocycles. The molecular weight excluding hydrogens is 227 g/mol. The Kier molecular flexibility index (Phi) is 3.17. The first-order valence-corrected chi connectivity index (χ1v) is 4.41. The summed E-state index contributed by atoms with van der Waals surface area (Å²) in [5.74, 6) is 5.75. The monoisotopic (exact) mass is 234 g/mol. The van der Waals surface area contributed by atoms with E-state index < -0.39 is 0 Å². The third-order valence-corrected chi connectivity index (χ3v) is 2.31. The Morgan fingerprint density at radius 1 is 1.55 bits per heavy atom. The van der Waals surface area contributed by atoms with Crippen molar-refractivity contribution >= 4 is 33.2 Å². The lowest BCUT2D eigenvalue weighted by Gasteiger charge is -2.03. The maximum absolute atomic E-state index is 5.62. The Morgan fingerprint density at radius 2 is 2.27 bits per heavy atom. The van der Waals surface area contributed by atoms with Gasteiger partial charge in [-0.3, -0.25) is 5.84 Å². The molecule has 60 valence electrons. The number of anilines is 1. The van der Waals surface area contributed by atoms with Gasteiger partial charge in [0, 0.05) is 10.4 Å². The van der Waals surface area contributed by atoms with Gasteiger partial charge in [-0.25, -0.2) is 0 Å². The van der Waals surface area contributed by atoms with Crippen LogP contribution >= 0.6 is 27.5 Å². The van der Waals surface area contributed by atoms with Gasteiger partial charge in [0.1, 0.15) is 0 Å². The van der Waals surface area contributed by atoms with Crippen LogP contribution in [0.2, 0.25) is 0 Å². The predicted molar refractivity (Wildman–Crippen MR) is 51.5 cm³/mol. The van der Waals surface area contributed by atoms with Gasteiger partial charge in [0.05, 0.1) is 5.69 Å². The zero-order valence-corrected chi connectivity index (χ0v) is 8.11. The van der Waals surface area contributed by atoms with Crippen molar-refractivity contribution < 1.29 is 0 Å². The fraction of sp³-hybridized carbons (Fsp3) is 0.143. The topological polar surface area (TPSA) is 38.0 Å². The van der Waals surface area contributed by atoms with Crippen molar-refractivity contribution in [2.24, 2.45) is 5.84 Å². The van der Waals surface area contributed by atoms with Gasteiger partial charge in [-0.2, -0.15) is 0 Å². The highest BCUT2D eigenvalue weighted by Crippen LogP contribution is 2.23.